The number of nitrogens with one attached hydrogen (secondary N) is 2. The molecule has 2 aromatic heterocycles. The van der Waals surface area contributed by atoms with Gasteiger partial charge in [0.15, 0.2) is 5.65 Å². The van der Waals surface area contributed by atoms with Crippen LogP contribution < -0.4 is 10.9 Å². The molecule has 8 heteroatoms. The normalized spacial score (nSPS) is 10.8. The Kier molecular flexibility index (Phi) is 4.29. The van der Waals surface area contributed by atoms with Gasteiger partial charge in [0.1, 0.15) is 0 Å². The molecule has 0 aliphatic rings. The summed E-state index contributed by atoms with van der Waals surface area (Å²) in [4.78, 5) is 34.5. The van der Waals surface area contributed by atoms with Crippen LogP contribution in [0, 0.1) is 17.0 Å². The number of aromatic amines is 1. The molecule has 0 saturated carbocycles. The highest BCUT2D eigenvalue weighted by Crippen LogP contribution is 2.27. The summed E-state index contributed by atoms with van der Waals surface area (Å²) in [7, 11) is 0. The lowest BCUT2D eigenvalue weighted by atomic mass is 10.0. The van der Waals surface area contributed by atoms with E-state index in [4.69, 9.17) is 0 Å². The Balaban J connectivity index is 1.79. The van der Waals surface area contributed by atoms with Crippen molar-refractivity contribution in [3.8, 4) is 11.1 Å². The van der Waals surface area contributed by atoms with Gasteiger partial charge in [0.05, 0.1) is 10.3 Å². The summed E-state index contributed by atoms with van der Waals surface area (Å²) in [6.45, 7) is 1.95. The number of aromatic nitrogens is 3. The maximum absolute atomic E-state index is 12.8. The number of benzene rings is 2. The van der Waals surface area contributed by atoms with E-state index in [1.54, 1.807) is 24.4 Å². The maximum atomic E-state index is 12.8. The summed E-state index contributed by atoms with van der Waals surface area (Å²) in [5.41, 5.74) is 3.05. The van der Waals surface area contributed by atoms with Gasteiger partial charge in [-0.15, -0.1) is 0 Å². The van der Waals surface area contributed by atoms with Crippen LogP contribution in [0.4, 0.5) is 17.3 Å². The predicted octanol–water partition coefficient (Wildman–Crippen LogP) is 3.95. The molecular formula is C20H15N5O3. The summed E-state index contributed by atoms with van der Waals surface area (Å²) >= 11 is 0. The molecule has 4 aromatic rings. The molecule has 0 bridgehead atoms. The van der Waals surface area contributed by atoms with Crippen LogP contribution in [-0.4, -0.2) is 19.9 Å². The van der Waals surface area contributed by atoms with Crippen molar-refractivity contribution in [2.45, 2.75) is 6.92 Å². The molecule has 4 rings (SSSR count). The van der Waals surface area contributed by atoms with E-state index >= 15 is 0 Å². The number of non-ortho nitro benzene ring substituents is 1. The number of hydrogen-bond donors (Lipinski definition) is 2. The zero-order chi connectivity index (χ0) is 19.7. The van der Waals surface area contributed by atoms with Crippen molar-refractivity contribution in [3.63, 3.8) is 0 Å². The first-order chi connectivity index (χ1) is 13.5. The number of aryl methyl sites for hydroxylation is 1. The number of H-pyrrole nitrogens is 1. The Morgan fingerprint density at radius 3 is 2.54 bits per heavy atom. The monoisotopic (exact) mass is 373 g/mol. The van der Waals surface area contributed by atoms with Crippen molar-refractivity contribution in [1.82, 2.24) is 15.0 Å². The Hall–Kier alpha value is -4.07. The second-order valence-corrected chi connectivity index (χ2v) is 6.22. The van der Waals surface area contributed by atoms with Gasteiger partial charge < -0.3 is 5.32 Å². The average molecular weight is 373 g/mol. The van der Waals surface area contributed by atoms with Crippen LogP contribution in [0.3, 0.4) is 0 Å². The molecule has 0 saturated heterocycles. The van der Waals surface area contributed by atoms with Crippen LogP contribution >= 0.6 is 0 Å². The Morgan fingerprint density at radius 2 is 1.82 bits per heavy atom. The smallest absolute Gasteiger partial charge is 0.269 e. The minimum Gasteiger partial charge on any atom is -0.325 e. The lowest BCUT2D eigenvalue weighted by molar-refractivity contribution is -0.384. The molecule has 8 nitrogen and oxygen atoms in total. The number of fused-ring (bicyclic) bond motifs is 1. The standard InChI is InChI=1S/C20H15N5O3/c1-12-4-2-3-5-16(12)22-20-23-18-17(19(26)24-20)15(10-11-21-18)13-6-8-14(9-7-13)25(27)28/h2-11H,1H3,(H2,21,22,23,24,26). The zero-order valence-corrected chi connectivity index (χ0v) is 14.8. The lowest BCUT2D eigenvalue weighted by Crippen LogP contribution is -2.13. The number of nitro benzene ring substituents is 1. The van der Waals surface area contributed by atoms with Crippen LogP contribution in [-0.2, 0) is 0 Å². The van der Waals surface area contributed by atoms with E-state index < -0.39 is 4.92 Å². The maximum Gasteiger partial charge on any atom is 0.269 e. The highest BCUT2D eigenvalue weighted by atomic mass is 16.6. The third-order valence-electron chi connectivity index (χ3n) is 4.39. The third kappa shape index (κ3) is 3.18. The number of nitrogens with zero attached hydrogens (tertiary/aromatic N) is 3. The van der Waals surface area contributed by atoms with E-state index in [0.717, 1.165) is 11.3 Å². The van der Waals surface area contributed by atoms with Crippen LogP contribution in [0.5, 0.6) is 0 Å². The highest BCUT2D eigenvalue weighted by Gasteiger charge is 2.13. The molecule has 2 N–H and O–H groups in total. The van der Waals surface area contributed by atoms with Gasteiger partial charge in [-0.25, -0.2) is 4.98 Å². The van der Waals surface area contributed by atoms with E-state index in [9.17, 15) is 14.9 Å². The van der Waals surface area contributed by atoms with Gasteiger partial charge in [-0.1, -0.05) is 18.2 Å². The molecule has 0 aliphatic heterocycles. The van der Waals surface area contributed by atoms with Crippen LogP contribution in [0.25, 0.3) is 22.2 Å². The molecule has 0 spiro atoms. The number of pyridine rings is 1. The number of anilines is 2. The number of para-hydroxylation sites is 1. The molecular weight excluding hydrogens is 358 g/mol. The van der Waals surface area contributed by atoms with Crippen molar-refractivity contribution < 1.29 is 4.92 Å². The molecule has 0 unspecified atom stereocenters. The number of rotatable bonds is 4. The minimum atomic E-state index is -0.466. The Bertz CT molecular complexity index is 1250. The Morgan fingerprint density at radius 1 is 1.07 bits per heavy atom. The van der Waals surface area contributed by atoms with E-state index in [0.29, 0.717) is 22.5 Å². The van der Waals surface area contributed by atoms with E-state index in [-0.39, 0.29) is 16.9 Å². The first-order valence-electron chi connectivity index (χ1n) is 8.49. The van der Waals surface area contributed by atoms with Gasteiger partial charge in [-0.05, 0) is 47.9 Å². The van der Waals surface area contributed by atoms with Gasteiger partial charge in [-0.2, -0.15) is 4.98 Å². The second-order valence-electron chi connectivity index (χ2n) is 6.22. The van der Waals surface area contributed by atoms with Gasteiger partial charge in [0.25, 0.3) is 11.2 Å². The van der Waals surface area contributed by atoms with Crippen molar-refractivity contribution >= 4 is 28.4 Å². The summed E-state index contributed by atoms with van der Waals surface area (Å²) < 4.78 is 0. The summed E-state index contributed by atoms with van der Waals surface area (Å²) in [5.74, 6) is 0.292. The van der Waals surface area contributed by atoms with E-state index in [1.807, 2.05) is 31.2 Å². The quantitative estimate of drug-likeness (QED) is 0.414. The van der Waals surface area contributed by atoms with Crippen LogP contribution in [0.1, 0.15) is 5.56 Å². The molecule has 0 aliphatic carbocycles. The fourth-order valence-corrected chi connectivity index (χ4v) is 2.97. The number of nitro groups is 1. The fourth-order valence-electron chi connectivity index (χ4n) is 2.97. The highest BCUT2D eigenvalue weighted by molar-refractivity contribution is 5.92. The fraction of sp³-hybridized carbons (Fsp3) is 0.0500. The molecule has 0 atom stereocenters. The molecule has 0 radical (unpaired) electrons. The SMILES string of the molecule is Cc1ccccc1Nc1nc2nccc(-c3ccc([N+](=O)[O-])cc3)c2c(=O)[nH]1. The predicted molar refractivity (Wildman–Crippen MR) is 107 cm³/mol. The molecule has 2 heterocycles. The molecule has 2 aromatic carbocycles. The largest absolute Gasteiger partial charge is 0.325 e. The topological polar surface area (TPSA) is 114 Å². The summed E-state index contributed by atoms with van der Waals surface area (Å²) in [6, 6.07) is 15.3. The number of hydrogen-bond acceptors (Lipinski definition) is 6. The molecule has 28 heavy (non-hydrogen) atoms. The first kappa shape index (κ1) is 17.3. The van der Waals surface area contributed by atoms with Crippen molar-refractivity contribution in [2.24, 2.45) is 0 Å². The zero-order valence-electron chi connectivity index (χ0n) is 14.8. The second kappa shape index (κ2) is 6.92. The third-order valence-corrected chi connectivity index (χ3v) is 4.39. The van der Waals surface area contributed by atoms with Crippen molar-refractivity contribution in [1.29, 1.82) is 0 Å². The lowest BCUT2D eigenvalue weighted by Gasteiger charge is -2.10. The average Bonchev–Trinajstić information content (AvgIpc) is 2.69. The van der Waals surface area contributed by atoms with Crippen molar-refractivity contribution in [3.05, 3.63) is 86.8 Å². The minimum absolute atomic E-state index is 0.0149. The summed E-state index contributed by atoms with van der Waals surface area (Å²) in [5, 5.41) is 14.3. The van der Waals surface area contributed by atoms with Gasteiger partial charge in [0.2, 0.25) is 5.95 Å². The summed E-state index contributed by atoms with van der Waals surface area (Å²) in [6.07, 6.45) is 1.56. The van der Waals surface area contributed by atoms with Crippen LogP contribution in [0.2, 0.25) is 0 Å². The molecule has 0 fully saturated rings. The first-order valence-corrected chi connectivity index (χ1v) is 8.49. The van der Waals surface area contributed by atoms with Gasteiger partial charge in [-0.3, -0.25) is 19.9 Å². The molecule has 0 amide bonds. The van der Waals surface area contributed by atoms with E-state index in [2.05, 4.69) is 20.3 Å². The molecule has 138 valence electrons. The Labute approximate surface area is 159 Å². The van der Waals surface area contributed by atoms with Gasteiger partial charge in [0, 0.05) is 24.0 Å². The van der Waals surface area contributed by atoms with Crippen LogP contribution in [0.15, 0.2) is 65.6 Å². The van der Waals surface area contributed by atoms with Crippen molar-refractivity contribution in [2.75, 3.05) is 5.32 Å². The van der Waals surface area contributed by atoms with E-state index in [1.165, 1.54) is 12.1 Å². The van der Waals surface area contributed by atoms with Gasteiger partial charge >= 0.3 is 0 Å².